The first-order valence-electron chi connectivity index (χ1n) is 6.30. The van der Waals surface area contributed by atoms with Crippen molar-refractivity contribution < 1.29 is 9.50 Å². The number of aliphatic hydroxyl groups is 1. The van der Waals surface area contributed by atoms with Crippen LogP contribution in [0.2, 0.25) is 10.0 Å². The summed E-state index contributed by atoms with van der Waals surface area (Å²) in [5.41, 5.74) is 1.14. The van der Waals surface area contributed by atoms with Crippen molar-refractivity contribution in [1.82, 2.24) is 14.6 Å². The van der Waals surface area contributed by atoms with Crippen molar-refractivity contribution in [3.63, 3.8) is 0 Å². The number of rotatable bonds is 4. The van der Waals surface area contributed by atoms with Crippen molar-refractivity contribution in [1.29, 1.82) is 0 Å². The van der Waals surface area contributed by atoms with Crippen molar-refractivity contribution in [2.75, 3.05) is 5.75 Å². The topological polar surface area (TPSA) is 50.4 Å². The van der Waals surface area contributed by atoms with Gasteiger partial charge < -0.3 is 5.11 Å². The minimum atomic E-state index is -0.743. The molecule has 1 atom stereocenters. The first-order chi connectivity index (χ1) is 10.5. The second-order valence-corrected chi connectivity index (χ2v) is 6.39. The summed E-state index contributed by atoms with van der Waals surface area (Å²) in [5, 5.41) is 19.6. The molecular formula is C14H10Cl2FN3OS. The number of nitrogens with zero attached hydrogens (tertiary/aromatic N) is 3. The Morgan fingerprint density at radius 1 is 1.23 bits per heavy atom. The molecule has 0 saturated heterocycles. The highest BCUT2D eigenvalue weighted by Gasteiger charge is 2.14. The Morgan fingerprint density at radius 3 is 2.68 bits per heavy atom. The normalized spacial score (nSPS) is 12.7. The molecule has 22 heavy (non-hydrogen) atoms. The van der Waals surface area contributed by atoms with Gasteiger partial charge in [0, 0.05) is 11.9 Å². The molecular weight excluding hydrogens is 348 g/mol. The van der Waals surface area contributed by atoms with Crippen LogP contribution in [0.1, 0.15) is 11.7 Å². The molecule has 0 bridgehead atoms. The van der Waals surface area contributed by atoms with E-state index < -0.39 is 6.10 Å². The first kappa shape index (κ1) is 15.6. The lowest BCUT2D eigenvalue weighted by Crippen LogP contribution is -2.01. The highest BCUT2D eigenvalue weighted by Crippen LogP contribution is 2.27. The van der Waals surface area contributed by atoms with E-state index in [-0.39, 0.29) is 5.82 Å². The van der Waals surface area contributed by atoms with Gasteiger partial charge in [-0.2, -0.15) is 0 Å². The number of hydrogen-bond donors (Lipinski definition) is 1. The lowest BCUT2D eigenvalue weighted by molar-refractivity contribution is 0.204. The molecule has 114 valence electrons. The highest BCUT2D eigenvalue weighted by atomic mass is 35.5. The van der Waals surface area contributed by atoms with Crippen LogP contribution in [-0.2, 0) is 0 Å². The summed E-state index contributed by atoms with van der Waals surface area (Å²) in [5.74, 6) is 0.00708. The van der Waals surface area contributed by atoms with E-state index in [1.165, 1.54) is 23.9 Å². The zero-order valence-electron chi connectivity index (χ0n) is 11.1. The van der Waals surface area contributed by atoms with E-state index in [1.54, 1.807) is 28.8 Å². The van der Waals surface area contributed by atoms with Crippen LogP contribution in [0.5, 0.6) is 0 Å². The van der Waals surface area contributed by atoms with Crippen molar-refractivity contribution in [3.8, 4) is 0 Å². The molecule has 3 aromatic rings. The van der Waals surface area contributed by atoms with Crippen LogP contribution >= 0.6 is 35.0 Å². The van der Waals surface area contributed by atoms with Crippen molar-refractivity contribution in [2.24, 2.45) is 0 Å². The third-order valence-electron chi connectivity index (χ3n) is 3.02. The molecule has 0 saturated carbocycles. The van der Waals surface area contributed by atoms with Crippen LogP contribution in [0.4, 0.5) is 4.39 Å². The van der Waals surface area contributed by atoms with Crippen molar-refractivity contribution >= 4 is 40.6 Å². The molecule has 0 aliphatic carbocycles. The number of aromatic nitrogens is 3. The summed E-state index contributed by atoms with van der Waals surface area (Å²) in [6.07, 6.45) is 0.919. The fraction of sp³-hybridized carbons (Fsp3) is 0.143. The lowest BCUT2D eigenvalue weighted by Gasteiger charge is -2.09. The van der Waals surface area contributed by atoms with E-state index in [4.69, 9.17) is 23.2 Å². The van der Waals surface area contributed by atoms with Crippen molar-refractivity contribution in [2.45, 2.75) is 11.3 Å². The van der Waals surface area contributed by atoms with Crippen LogP contribution in [0, 0.1) is 5.82 Å². The number of hydrogen-bond acceptors (Lipinski definition) is 4. The van der Waals surface area contributed by atoms with Crippen LogP contribution in [0.15, 0.2) is 41.7 Å². The average Bonchev–Trinajstić information content (AvgIpc) is 2.89. The lowest BCUT2D eigenvalue weighted by atomic mass is 10.1. The molecule has 2 heterocycles. The molecule has 2 aromatic heterocycles. The summed E-state index contributed by atoms with van der Waals surface area (Å²) >= 11 is 13.3. The van der Waals surface area contributed by atoms with Gasteiger partial charge in [0.25, 0.3) is 0 Å². The maximum Gasteiger partial charge on any atom is 0.195 e. The number of halogens is 3. The summed E-state index contributed by atoms with van der Waals surface area (Å²) in [6.45, 7) is 0. The van der Waals surface area contributed by atoms with Crippen LogP contribution in [0.25, 0.3) is 5.65 Å². The van der Waals surface area contributed by atoms with Gasteiger partial charge in [-0.25, -0.2) is 4.39 Å². The van der Waals surface area contributed by atoms with E-state index >= 15 is 0 Å². The molecule has 3 rings (SSSR count). The minimum Gasteiger partial charge on any atom is -0.388 e. The Hall–Kier alpha value is -1.34. The smallest absolute Gasteiger partial charge is 0.195 e. The zero-order valence-corrected chi connectivity index (χ0v) is 13.4. The van der Waals surface area contributed by atoms with E-state index in [0.717, 1.165) is 0 Å². The van der Waals surface area contributed by atoms with Gasteiger partial charge in [-0.3, -0.25) is 4.40 Å². The fourth-order valence-electron chi connectivity index (χ4n) is 1.94. The molecule has 0 fully saturated rings. The molecule has 4 nitrogen and oxygen atoms in total. The first-order valence-corrected chi connectivity index (χ1v) is 8.05. The van der Waals surface area contributed by atoms with E-state index in [1.807, 2.05) is 0 Å². The SMILES string of the molecule is OC(CSc1nnc2c(Cl)cc(Cl)cn12)c1ccc(F)cc1. The molecule has 1 unspecified atom stereocenters. The largest absolute Gasteiger partial charge is 0.388 e. The van der Waals surface area contributed by atoms with E-state index in [0.29, 0.717) is 32.2 Å². The average molecular weight is 358 g/mol. The molecule has 0 aliphatic rings. The predicted octanol–water partition coefficient (Wildman–Crippen LogP) is 4.00. The summed E-state index contributed by atoms with van der Waals surface area (Å²) < 4.78 is 14.5. The number of aliphatic hydroxyl groups excluding tert-OH is 1. The van der Waals surface area contributed by atoms with Gasteiger partial charge in [0.05, 0.1) is 16.1 Å². The molecule has 0 aliphatic heterocycles. The Bertz CT molecular complexity index is 810. The van der Waals surface area contributed by atoms with Crippen LogP contribution < -0.4 is 0 Å². The molecule has 8 heteroatoms. The molecule has 0 radical (unpaired) electrons. The van der Waals surface area contributed by atoms with E-state index in [9.17, 15) is 9.50 Å². The molecule has 0 spiro atoms. The van der Waals surface area contributed by atoms with Gasteiger partial charge >= 0.3 is 0 Å². The third kappa shape index (κ3) is 3.20. The fourth-order valence-corrected chi connectivity index (χ4v) is 3.32. The third-order valence-corrected chi connectivity index (χ3v) is 4.52. The van der Waals surface area contributed by atoms with Gasteiger partial charge in [-0.15, -0.1) is 10.2 Å². The number of thioether (sulfide) groups is 1. The maximum atomic E-state index is 12.9. The minimum absolute atomic E-state index is 0.337. The highest BCUT2D eigenvalue weighted by molar-refractivity contribution is 7.99. The number of benzene rings is 1. The van der Waals surface area contributed by atoms with Gasteiger partial charge in [-0.1, -0.05) is 47.1 Å². The Kier molecular flexibility index (Phi) is 4.54. The van der Waals surface area contributed by atoms with Gasteiger partial charge in [-0.05, 0) is 23.8 Å². The maximum absolute atomic E-state index is 12.9. The van der Waals surface area contributed by atoms with Gasteiger partial charge in [0.2, 0.25) is 0 Å². The second kappa shape index (κ2) is 6.42. The van der Waals surface area contributed by atoms with Gasteiger partial charge in [0.15, 0.2) is 10.8 Å². The van der Waals surface area contributed by atoms with Crippen LogP contribution in [-0.4, -0.2) is 25.5 Å². The standard InChI is InChI=1S/C14H10Cl2FN3OS/c15-9-5-11(16)13-18-19-14(20(13)6-9)22-7-12(21)8-1-3-10(17)4-2-8/h1-6,12,21H,7H2. The number of fused-ring (bicyclic) bond motifs is 1. The predicted molar refractivity (Wildman–Crippen MR) is 85.1 cm³/mol. The zero-order chi connectivity index (χ0) is 15.7. The quantitative estimate of drug-likeness (QED) is 0.717. The Morgan fingerprint density at radius 2 is 1.95 bits per heavy atom. The van der Waals surface area contributed by atoms with Crippen LogP contribution in [0.3, 0.4) is 0 Å². The summed E-state index contributed by atoms with van der Waals surface area (Å²) in [7, 11) is 0. The summed E-state index contributed by atoms with van der Waals surface area (Å²) in [6, 6.07) is 7.33. The van der Waals surface area contributed by atoms with Crippen molar-refractivity contribution in [3.05, 3.63) is 58.0 Å². The Labute approximate surface area is 139 Å². The molecule has 1 N–H and O–H groups in total. The summed E-state index contributed by atoms with van der Waals surface area (Å²) in [4.78, 5) is 0. The molecule has 0 amide bonds. The second-order valence-electron chi connectivity index (χ2n) is 4.56. The monoisotopic (exact) mass is 357 g/mol. The van der Waals surface area contributed by atoms with E-state index in [2.05, 4.69) is 10.2 Å². The molecule has 1 aromatic carbocycles. The Balaban J connectivity index is 1.78. The number of pyridine rings is 1. The van der Waals surface area contributed by atoms with Gasteiger partial charge in [0.1, 0.15) is 5.82 Å².